The van der Waals surface area contributed by atoms with E-state index in [0.29, 0.717) is 35.2 Å². The molecule has 1 aliphatic rings. The summed E-state index contributed by atoms with van der Waals surface area (Å²) in [5, 5.41) is 0. The summed E-state index contributed by atoms with van der Waals surface area (Å²) in [4.78, 5) is 13.6. The van der Waals surface area contributed by atoms with Crippen LogP contribution in [-0.2, 0) is 18.9 Å². The number of ether oxygens (including phenoxy) is 9. The normalized spacial score (nSPS) is 17.0. The lowest BCUT2D eigenvalue weighted by Crippen LogP contribution is -2.39. The average molecular weight is 478 g/mol. The van der Waals surface area contributed by atoms with E-state index in [4.69, 9.17) is 42.6 Å². The zero-order valence-electron chi connectivity index (χ0n) is 20.0. The van der Waals surface area contributed by atoms with E-state index in [9.17, 15) is 4.79 Å². The fourth-order valence-electron chi connectivity index (χ4n) is 3.51. The number of benzene rings is 2. The zero-order chi connectivity index (χ0) is 24.5. The predicted octanol–water partition coefficient (Wildman–Crippen LogP) is 3.36. The van der Waals surface area contributed by atoms with Gasteiger partial charge in [0, 0.05) is 40.1 Å². The van der Waals surface area contributed by atoms with E-state index in [-0.39, 0.29) is 37.5 Å². The van der Waals surface area contributed by atoms with Crippen LogP contribution in [0.3, 0.4) is 0 Å². The van der Waals surface area contributed by atoms with Crippen LogP contribution in [0, 0.1) is 0 Å². The van der Waals surface area contributed by atoms with Gasteiger partial charge < -0.3 is 42.6 Å². The summed E-state index contributed by atoms with van der Waals surface area (Å²) in [5.41, 5.74) is 0.921. The van der Waals surface area contributed by atoms with Crippen LogP contribution in [0.25, 0.3) is 0 Å². The van der Waals surface area contributed by atoms with Crippen LogP contribution in [0.4, 0.5) is 0 Å². The Labute approximate surface area is 198 Å². The molecular weight excluding hydrogens is 448 g/mol. The summed E-state index contributed by atoms with van der Waals surface area (Å²) < 4.78 is 49.3. The molecule has 186 valence electrons. The standard InChI is InChI=1S/C24H30O10/c1-6-30-24-22(25)21-19(33-14-28-4)10-16(31-12-26-2)11-20(21)34-23(24)15-7-8-17(32-13-27-3)18(9-15)29-5/h7-11,23-24H,6,12-14H2,1-5H3. The highest BCUT2D eigenvalue weighted by atomic mass is 16.7. The SMILES string of the molecule is CCOC1C(=O)c2c(OCOC)cc(OCOC)cc2OC1c1ccc(OCOC)c(OC)c1. The Hall–Kier alpha value is -3.05. The lowest BCUT2D eigenvalue weighted by molar-refractivity contribution is -0.0190. The third-order valence-electron chi connectivity index (χ3n) is 4.94. The number of ketones is 1. The van der Waals surface area contributed by atoms with E-state index in [1.165, 1.54) is 28.4 Å². The van der Waals surface area contributed by atoms with E-state index in [1.807, 2.05) is 6.92 Å². The summed E-state index contributed by atoms with van der Waals surface area (Å²) >= 11 is 0. The maximum absolute atomic E-state index is 13.6. The maximum atomic E-state index is 13.6. The number of rotatable bonds is 13. The van der Waals surface area contributed by atoms with Crippen molar-refractivity contribution < 1.29 is 47.4 Å². The predicted molar refractivity (Wildman–Crippen MR) is 120 cm³/mol. The first-order chi connectivity index (χ1) is 16.6. The molecule has 0 bridgehead atoms. The number of Topliss-reactive ketones (excluding diaryl/α,β-unsaturated/α-hetero) is 1. The van der Waals surface area contributed by atoms with Gasteiger partial charge >= 0.3 is 0 Å². The van der Waals surface area contributed by atoms with Crippen molar-refractivity contribution in [2.75, 3.05) is 55.4 Å². The van der Waals surface area contributed by atoms with Crippen LogP contribution in [0.1, 0.15) is 28.9 Å². The molecule has 10 heteroatoms. The molecule has 2 aromatic carbocycles. The molecule has 0 radical (unpaired) electrons. The first-order valence-electron chi connectivity index (χ1n) is 10.6. The third kappa shape index (κ3) is 5.71. The van der Waals surface area contributed by atoms with Gasteiger partial charge in [0.1, 0.15) is 22.8 Å². The Balaban J connectivity index is 2.04. The molecule has 1 aliphatic heterocycles. The van der Waals surface area contributed by atoms with Crippen LogP contribution in [0.15, 0.2) is 30.3 Å². The van der Waals surface area contributed by atoms with Crippen molar-refractivity contribution in [3.63, 3.8) is 0 Å². The van der Waals surface area contributed by atoms with Gasteiger partial charge in [-0.05, 0) is 24.6 Å². The van der Waals surface area contributed by atoms with Gasteiger partial charge in [0.15, 0.2) is 44.1 Å². The second kappa shape index (κ2) is 12.4. The lowest BCUT2D eigenvalue weighted by atomic mass is 9.92. The minimum absolute atomic E-state index is 0.0155. The van der Waals surface area contributed by atoms with E-state index in [0.717, 1.165) is 0 Å². The van der Waals surface area contributed by atoms with Crippen molar-refractivity contribution in [2.24, 2.45) is 0 Å². The molecule has 0 amide bonds. The van der Waals surface area contributed by atoms with E-state index in [1.54, 1.807) is 30.3 Å². The van der Waals surface area contributed by atoms with Gasteiger partial charge in [-0.2, -0.15) is 0 Å². The van der Waals surface area contributed by atoms with Crippen LogP contribution < -0.4 is 23.7 Å². The molecule has 34 heavy (non-hydrogen) atoms. The smallest absolute Gasteiger partial charge is 0.203 e. The molecule has 0 aromatic heterocycles. The number of methoxy groups -OCH3 is 4. The van der Waals surface area contributed by atoms with Crippen molar-refractivity contribution in [2.45, 2.75) is 19.1 Å². The molecule has 2 atom stereocenters. The number of hydrogen-bond acceptors (Lipinski definition) is 10. The summed E-state index contributed by atoms with van der Waals surface area (Å²) in [7, 11) is 6.06. The Bertz CT molecular complexity index is 961. The fraction of sp³-hybridized carbons (Fsp3) is 0.458. The molecular formula is C24H30O10. The first-order valence-corrected chi connectivity index (χ1v) is 10.6. The zero-order valence-corrected chi connectivity index (χ0v) is 20.0. The first kappa shape index (κ1) is 25.6. The van der Waals surface area contributed by atoms with E-state index < -0.39 is 12.2 Å². The molecule has 1 heterocycles. The van der Waals surface area contributed by atoms with Crippen LogP contribution in [0.5, 0.6) is 28.7 Å². The third-order valence-corrected chi connectivity index (χ3v) is 4.94. The highest BCUT2D eigenvalue weighted by Gasteiger charge is 2.41. The maximum Gasteiger partial charge on any atom is 0.203 e. The van der Waals surface area contributed by atoms with Crippen LogP contribution in [0.2, 0.25) is 0 Å². The molecule has 10 nitrogen and oxygen atoms in total. The van der Waals surface area contributed by atoms with Gasteiger partial charge in [0.25, 0.3) is 0 Å². The number of hydrogen-bond donors (Lipinski definition) is 0. The highest BCUT2D eigenvalue weighted by Crippen LogP contribution is 2.44. The Morgan fingerprint density at radius 3 is 2.15 bits per heavy atom. The topological polar surface area (TPSA) is 100 Å². The van der Waals surface area contributed by atoms with Crippen LogP contribution >= 0.6 is 0 Å². The average Bonchev–Trinajstić information content (AvgIpc) is 2.86. The number of carbonyl (C=O) groups excluding carboxylic acids is 1. The van der Waals surface area contributed by atoms with Gasteiger partial charge in [0.2, 0.25) is 5.78 Å². The lowest BCUT2D eigenvalue weighted by Gasteiger charge is -2.33. The summed E-state index contributed by atoms with van der Waals surface area (Å²) in [6.07, 6.45) is -1.66. The van der Waals surface area contributed by atoms with Gasteiger partial charge in [-0.3, -0.25) is 4.79 Å². The second-order valence-corrected chi connectivity index (χ2v) is 7.14. The summed E-state index contributed by atoms with van der Waals surface area (Å²) in [6, 6.07) is 8.47. The molecule has 0 saturated heterocycles. The highest BCUT2D eigenvalue weighted by molar-refractivity contribution is 6.06. The van der Waals surface area contributed by atoms with E-state index >= 15 is 0 Å². The molecule has 0 fully saturated rings. The minimum Gasteiger partial charge on any atom is -0.493 e. The largest absolute Gasteiger partial charge is 0.493 e. The molecule has 2 unspecified atom stereocenters. The minimum atomic E-state index is -0.913. The molecule has 0 saturated carbocycles. The molecule has 3 rings (SSSR count). The summed E-state index contributed by atoms with van der Waals surface area (Å²) in [6.45, 7) is 2.14. The fourth-order valence-corrected chi connectivity index (χ4v) is 3.51. The van der Waals surface area contributed by atoms with Gasteiger partial charge in [0.05, 0.1) is 7.11 Å². The Kier molecular flexibility index (Phi) is 9.34. The van der Waals surface area contributed by atoms with Gasteiger partial charge in [-0.15, -0.1) is 0 Å². The number of fused-ring (bicyclic) bond motifs is 1. The number of carbonyl (C=O) groups is 1. The van der Waals surface area contributed by atoms with Crippen molar-refractivity contribution in [1.82, 2.24) is 0 Å². The van der Waals surface area contributed by atoms with Gasteiger partial charge in [-0.25, -0.2) is 0 Å². The van der Waals surface area contributed by atoms with Gasteiger partial charge in [-0.1, -0.05) is 6.07 Å². The molecule has 0 aliphatic carbocycles. The molecule has 0 N–H and O–H groups in total. The molecule has 2 aromatic rings. The van der Waals surface area contributed by atoms with Crippen molar-refractivity contribution >= 4 is 5.78 Å². The molecule has 0 spiro atoms. The Morgan fingerprint density at radius 1 is 0.824 bits per heavy atom. The Morgan fingerprint density at radius 2 is 1.50 bits per heavy atom. The quantitative estimate of drug-likeness (QED) is 0.398. The van der Waals surface area contributed by atoms with Crippen molar-refractivity contribution in [1.29, 1.82) is 0 Å². The summed E-state index contributed by atoms with van der Waals surface area (Å²) in [5.74, 6) is 1.65. The van der Waals surface area contributed by atoms with Crippen molar-refractivity contribution in [3.8, 4) is 28.7 Å². The van der Waals surface area contributed by atoms with Crippen LogP contribution in [-0.4, -0.2) is 67.3 Å². The monoisotopic (exact) mass is 478 g/mol. The second-order valence-electron chi connectivity index (χ2n) is 7.14. The van der Waals surface area contributed by atoms with E-state index in [2.05, 4.69) is 0 Å². The van der Waals surface area contributed by atoms with Crippen molar-refractivity contribution in [3.05, 3.63) is 41.5 Å².